The topological polar surface area (TPSA) is 73.6 Å². The predicted molar refractivity (Wildman–Crippen MR) is 119 cm³/mol. The van der Waals surface area contributed by atoms with E-state index in [1.54, 1.807) is 12.3 Å². The van der Waals surface area contributed by atoms with E-state index in [2.05, 4.69) is 26.2 Å². The Balaban J connectivity index is 1.36. The van der Waals surface area contributed by atoms with Crippen LogP contribution in [0.2, 0.25) is 0 Å². The fraction of sp³-hybridized carbons (Fsp3) is 0.0833. The number of oxazole rings is 1. The van der Waals surface area contributed by atoms with E-state index in [9.17, 15) is 4.79 Å². The number of aromatic nitrogens is 1. The number of nitrogens with one attached hydrogen (secondary N) is 1. The lowest BCUT2D eigenvalue weighted by molar-refractivity contribution is 0.0951. The third-order valence-corrected chi connectivity index (χ3v) is 5.40. The van der Waals surface area contributed by atoms with Crippen LogP contribution in [0.1, 0.15) is 15.9 Å². The van der Waals surface area contributed by atoms with Crippen molar-refractivity contribution in [3.63, 3.8) is 0 Å². The van der Waals surface area contributed by atoms with E-state index >= 15 is 0 Å². The zero-order chi connectivity index (χ0) is 21.2. The highest BCUT2D eigenvalue weighted by atomic mass is 79.9. The Morgan fingerprint density at radius 2 is 1.87 bits per heavy atom. The van der Waals surface area contributed by atoms with Crippen molar-refractivity contribution in [3.05, 3.63) is 88.5 Å². The highest BCUT2D eigenvalue weighted by Crippen LogP contribution is 2.33. The molecule has 0 aliphatic carbocycles. The summed E-state index contributed by atoms with van der Waals surface area (Å²) in [6, 6.07) is 20.6. The van der Waals surface area contributed by atoms with Crippen LogP contribution in [0.3, 0.4) is 0 Å². The van der Waals surface area contributed by atoms with Gasteiger partial charge in [0.15, 0.2) is 17.3 Å². The highest BCUT2D eigenvalue weighted by Gasteiger charge is 2.18. The maximum Gasteiger partial charge on any atom is 0.252 e. The maximum atomic E-state index is 12.9. The van der Waals surface area contributed by atoms with Crippen molar-refractivity contribution in [2.24, 2.45) is 0 Å². The first kappa shape index (κ1) is 19.4. The molecule has 1 aromatic heterocycles. The van der Waals surface area contributed by atoms with Crippen LogP contribution in [0.15, 0.2) is 81.8 Å². The minimum Gasteiger partial charge on any atom is -0.454 e. The second kappa shape index (κ2) is 8.28. The molecular formula is C24H17BrN2O4. The van der Waals surface area contributed by atoms with E-state index in [1.165, 1.54) is 0 Å². The Kier molecular flexibility index (Phi) is 5.18. The number of hydrogen-bond donors (Lipinski definition) is 1. The summed E-state index contributed by atoms with van der Waals surface area (Å²) in [4.78, 5) is 17.3. The first-order valence-electron chi connectivity index (χ1n) is 9.65. The number of rotatable bonds is 5. The molecule has 2 heterocycles. The van der Waals surface area contributed by atoms with E-state index in [4.69, 9.17) is 13.9 Å². The van der Waals surface area contributed by atoms with Crippen LogP contribution in [-0.2, 0) is 6.54 Å². The molecule has 6 nitrogen and oxygen atoms in total. The van der Waals surface area contributed by atoms with Gasteiger partial charge in [-0.25, -0.2) is 4.98 Å². The monoisotopic (exact) mass is 476 g/mol. The Morgan fingerprint density at radius 1 is 1.00 bits per heavy atom. The maximum absolute atomic E-state index is 12.9. The third kappa shape index (κ3) is 4.04. The summed E-state index contributed by atoms with van der Waals surface area (Å²) in [6.45, 7) is 0.579. The van der Waals surface area contributed by atoms with Crippen LogP contribution in [0.4, 0.5) is 0 Å². The van der Waals surface area contributed by atoms with Crippen LogP contribution in [0, 0.1) is 0 Å². The van der Waals surface area contributed by atoms with Gasteiger partial charge in [0.2, 0.25) is 12.7 Å². The Bertz CT molecular complexity index is 1270. The summed E-state index contributed by atoms with van der Waals surface area (Å²) >= 11 is 3.46. The molecule has 0 bridgehead atoms. The van der Waals surface area contributed by atoms with Crippen LogP contribution in [-0.4, -0.2) is 17.7 Å². The molecule has 0 saturated carbocycles. The molecule has 0 unspecified atom stereocenters. The van der Waals surface area contributed by atoms with E-state index in [1.807, 2.05) is 60.7 Å². The van der Waals surface area contributed by atoms with E-state index in [0.29, 0.717) is 40.8 Å². The number of amides is 1. The highest BCUT2D eigenvalue weighted by molar-refractivity contribution is 9.10. The van der Waals surface area contributed by atoms with Crippen molar-refractivity contribution in [1.82, 2.24) is 10.3 Å². The number of halogens is 1. The number of benzene rings is 3. The zero-order valence-corrected chi connectivity index (χ0v) is 17.9. The van der Waals surface area contributed by atoms with Gasteiger partial charge >= 0.3 is 0 Å². The SMILES string of the molecule is O=C(NCc1ccc2c(c1)OCO2)c1ccccc1-c1ncc(-c2cccc(Br)c2)o1. The van der Waals surface area contributed by atoms with Crippen molar-refractivity contribution in [1.29, 1.82) is 0 Å². The van der Waals surface area contributed by atoms with Crippen molar-refractivity contribution in [2.45, 2.75) is 6.54 Å². The van der Waals surface area contributed by atoms with Gasteiger partial charge in [0, 0.05) is 22.1 Å². The van der Waals surface area contributed by atoms with Gasteiger partial charge in [-0.3, -0.25) is 4.79 Å². The van der Waals surface area contributed by atoms with Gasteiger partial charge in [-0.05, 0) is 42.0 Å². The molecule has 1 N–H and O–H groups in total. The second-order valence-electron chi connectivity index (χ2n) is 6.96. The molecule has 0 atom stereocenters. The number of carbonyl (C=O) groups is 1. The smallest absolute Gasteiger partial charge is 0.252 e. The lowest BCUT2D eigenvalue weighted by atomic mass is 10.1. The second-order valence-corrected chi connectivity index (χ2v) is 7.87. The van der Waals surface area contributed by atoms with Gasteiger partial charge in [-0.1, -0.05) is 46.3 Å². The van der Waals surface area contributed by atoms with Crippen LogP contribution >= 0.6 is 15.9 Å². The number of carbonyl (C=O) groups excluding carboxylic acids is 1. The summed E-state index contributed by atoms with van der Waals surface area (Å²) in [6.07, 6.45) is 1.67. The summed E-state index contributed by atoms with van der Waals surface area (Å²) in [5.41, 5.74) is 2.94. The number of hydrogen-bond acceptors (Lipinski definition) is 5. The quantitative estimate of drug-likeness (QED) is 0.415. The molecule has 154 valence electrons. The van der Waals surface area contributed by atoms with Gasteiger partial charge in [0.05, 0.1) is 11.8 Å². The van der Waals surface area contributed by atoms with Gasteiger partial charge in [-0.15, -0.1) is 0 Å². The average molecular weight is 477 g/mol. The van der Waals surface area contributed by atoms with E-state index < -0.39 is 0 Å². The standard InChI is InChI=1S/C24H17BrN2O4/c25-17-5-3-4-16(11-17)22-13-27-24(31-22)19-7-2-1-6-18(19)23(28)26-12-15-8-9-20-21(10-15)30-14-29-20/h1-11,13H,12,14H2,(H,26,28). The number of ether oxygens (including phenoxy) is 2. The molecule has 5 rings (SSSR count). The normalized spacial score (nSPS) is 12.0. The number of nitrogens with zero attached hydrogens (tertiary/aromatic N) is 1. The predicted octanol–water partition coefficient (Wildman–Crippen LogP) is 5.43. The molecule has 0 saturated heterocycles. The molecule has 7 heteroatoms. The number of fused-ring (bicyclic) bond motifs is 1. The van der Waals surface area contributed by atoms with Crippen LogP contribution < -0.4 is 14.8 Å². The fourth-order valence-electron chi connectivity index (χ4n) is 3.37. The summed E-state index contributed by atoms with van der Waals surface area (Å²) in [7, 11) is 0. The summed E-state index contributed by atoms with van der Waals surface area (Å²) in [5, 5.41) is 2.95. The van der Waals surface area contributed by atoms with E-state index in [0.717, 1.165) is 15.6 Å². The lowest BCUT2D eigenvalue weighted by Gasteiger charge is -2.09. The van der Waals surface area contributed by atoms with Crippen LogP contribution in [0.25, 0.3) is 22.8 Å². The third-order valence-electron chi connectivity index (χ3n) is 4.91. The van der Waals surface area contributed by atoms with Gasteiger partial charge < -0.3 is 19.2 Å². The molecule has 4 aromatic rings. The fourth-order valence-corrected chi connectivity index (χ4v) is 3.77. The largest absolute Gasteiger partial charge is 0.454 e. The Hall–Kier alpha value is -3.58. The molecule has 3 aromatic carbocycles. The molecule has 1 aliphatic heterocycles. The van der Waals surface area contributed by atoms with Crippen molar-refractivity contribution in [3.8, 4) is 34.3 Å². The first-order valence-corrected chi connectivity index (χ1v) is 10.4. The van der Waals surface area contributed by atoms with Gasteiger partial charge in [0.1, 0.15) is 0 Å². The molecule has 0 fully saturated rings. The Morgan fingerprint density at radius 3 is 2.77 bits per heavy atom. The molecule has 1 amide bonds. The average Bonchev–Trinajstić information content (AvgIpc) is 3.47. The molecule has 31 heavy (non-hydrogen) atoms. The molecule has 1 aliphatic rings. The van der Waals surface area contributed by atoms with Gasteiger partial charge in [-0.2, -0.15) is 0 Å². The first-order chi connectivity index (χ1) is 15.2. The minimum atomic E-state index is -0.213. The van der Waals surface area contributed by atoms with E-state index in [-0.39, 0.29) is 12.7 Å². The Labute approximate surface area is 187 Å². The van der Waals surface area contributed by atoms with Gasteiger partial charge in [0.25, 0.3) is 5.91 Å². The van der Waals surface area contributed by atoms with Crippen molar-refractivity contribution in [2.75, 3.05) is 6.79 Å². The molecular weight excluding hydrogens is 460 g/mol. The summed E-state index contributed by atoms with van der Waals surface area (Å²) in [5.74, 6) is 2.21. The van der Waals surface area contributed by atoms with Crippen molar-refractivity contribution < 1.29 is 18.7 Å². The minimum absolute atomic E-state index is 0.213. The van der Waals surface area contributed by atoms with Crippen LogP contribution in [0.5, 0.6) is 11.5 Å². The lowest BCUT2D eigenvalue weighted by Crippen LogP contribution is -2.23. The summed E-state index contributed by atoms with van der Waals surface area (Å²) < 4.78 is 17.6. The molecule has 0 radical (unpaired) electrons. The van der Waals surface area contributed by atoms with Crippen molar-refractivity contribution >= 4 is 21.8 Å². The zero-order valence-electron chi connectivity index (χ0n) is 16.3. The molecule has 0 spiro atoms.